The highest BCUT2D eigenvalue weighted by molar-refractivity contribution is 5.92. The lowest BCUT2D eigenvalue weighted by Gasteiger charge is -2.20. The lowest BCUT2D eigenvalue weighted by atomic mass is 10.1. The van der Waals surface area contributed by atoms with Crippen LogP contribution < -0.4 is 16.0 Å². The second-order valence-electron chi connectivity index (χ2n) is 5.21. The molecule has 0 aromatic heterocycles. The first-order chi connectivity index (χ1) is 9.19. The first kappa shape index (κ1) is 15.9. The Morgan fingerprint density at radius 3 is 2.45 bits per heavy atom. The molecule has 1 aromatic carbocycles. The van der Waals surface area contributed by atoms with Crippen LogP contribution in [0.3, 0.4) is 0 Å². The number of halogens is 2. The van der Waals surface area contributed by atoms with E-state index in [0.717, 1.165) is 6.07 Å². The minimum atomic E-state index is -1.15. The fourth-order valence-electron chi connectivity index (χ4n) is 1.39. The quantitative estimate of drug-likeness (QED) is 0.795. The van der Waals surface area contributed by atoms with E-state index in [4.69, 9.17) is 0 Å². The molecule has 3 amide bonds. The minimum Gasteiger partial charge on any atom is -0.350 e. The maximum absolute atomic E-state index is 13.3. The van der Waals surface area contributed by atoms with E-state index in [0.29, 0.717) is 0 Å². The zero-order chi connectivity index (χ0) is 15.3. The Kier molecular flexibility index (Phi) is 5.01. The van der Waals surface area contributed by atoms with Gasteiger partial charge in [-0.1, -0.05) is 6.07 Å². The summed E-state index contributed by atoms with van der Waals surface area (Å²) in [6.45, 7) is 5.13. The molecular weight excluding hydrogens is 268 g/mol. The third-order valence-corrected chi connectivity index (χ3v) is 2.12. The molecule has 1 rings (SSSR count). The Hall–Kier alpha value is -2.18. The second kappa shape index (κ2) is 6.31. The van der Waals surface area contributed by atoms with Crippen molar-refractivity contribution in [1.29, 1.82) is 0 Å². The number of nitrogens with one attached hydrogen (secondary N) is 3. The average Bonchev–Trinajstić information content (AvgIpc) is 2.30. The third-order valence-electron chi connectivity index (χ3n) is 2.12. The summed E-state index contributed by atoms with van der Waals surface area (Å²) >= 11 is 0. The van der Waals surface area contributed by atoms with Crippen molar-refractivity contribution in [1.82, 2.24) is 10.6 Å². The predicted molar refractivity (Wildman–Crippen MR) is 71.3 cm³/mol. The first-order valence-electron chi connectivity index (χ1n) is 5.99. The number of rotatable bonds is 3. The van der Waals surface area contributed by atoms with Crippen molar-refractivity contribution in [2.24, 2.45) is 0 Å². The summed E-state index contributed by atoms with van der Waals surface area (Å²) in [6.07, 6.45) is 0. The number of hydrogen-bond donors (Lipinski definition) is 3. The van der Waals surface area contributed by atoms with Gasteiger partial charge in [0.05, 0.1) is 12.2 Å². The van der Waals surface area contributed by atoms with E-state index in [-0.39, 0.29) is 18.1 Å². The van der Waals surface area contributed by atoms with Crippen LogP contribution in [-0.4, -0.2) is 24.0 Å². The predicted octanol–water partition coefficient (Wildman–Crippen LogP) is 2.00. The van der Waals surface area contributed by atoms with Crippen LogP contribution in [0.2, 0.25) is 0 Å². The smallest absolute Gasteiger partial charge is 0.319 e. The molecule has 0 radical (unpaired) electrons. The van der Waals surface area contributed by atoms with Crippen molar-refractivity contribution < 1.29 is 18.4 Å². The number of carbonyl (C=O) groups excluding carboxylic acids is 2. The molecular formula is C13H17F2N3O2. The summed E-state index contributed by atoms with van der Waals surface area (Å²) in [4.78, 5) is 22.9. The van der Waals surface area contributed by atoms with E-state index in [1.165, 1.54) is 12.1 Å². The molecule has 7 heteroatoms. The Morgan fingerprint density at radius 2 is 1.85 bits per heavy atom. The molecule has 0 saturated heterocycles. The largest absolute Gasteiger partial charge is 0.350 e. The van der Waals surface area contributed by atoms with Gasteiger partial charge in [0.15, 0.2) is 11.6 Å². The number of benzene rings is 1. The van der Waals surface area contributed by atoms with Gasteiger partial charge in [-0.25, -0.2) is 13.6 Å². The van der Waals surface area contributed by atoms with Crippen LogP contribution in [0.5, 0.6) is 0 Å². The van der Waals surface area contributed by atoms with Crippen molar-refractivity contribution in [2.45, 2.75) is 26.3 Å². The standard InChI is InChI=1S/C13H17F2N3O2/c1-13(2,3)18-10(19)7-16-12(20)17-9-6-4-5-8(14)11(9)15/h4-6H,7H2,1-3H3,(H,18,19)(H2,16,17,20). The minimum absolute atomic E-state index is 0.264. The number of carbonyl (C=O) groups is 2. The van der Waals surface area contributed by atoms with E-state index in [9.17, 15) is 18.4 Å². The number of urea groups is 1. The van der Waals surface area contributed by atoms with Crippen molar-refractivity contribution in [2.75, 3.05) is 11.9 Å². The number of hydrogen-bond acceptors (Lipinski definition) is 2. The van der Waals surface area contributed by atoms with Gasteiger partial charge in [0.1, 0.15) is 0 Å². The van der Waals surface area contributed by atoms with E-state index in [1.54, 1.807) is 20.8 Å². The highest BCUT2D eigenvalue weighted by atomic mass is 19.2. The molecule has 3 N–H and O–H groups in total. The van der Waals surface area contributed by atoms with Crippen molar-refractivity contribution >= 4 is 17.6 Å². The zero-order valence-corrected chi connectivity index (χ0v) is 11.5. The summed E-state index contributed by atoms with van der Waals surface area (Å²) in [5, 5.41) is 7.02. The molecule has 20 heavy (non-hydrogen) atoms. The van der Waals surface area contributed by atoms with Gasteiger partial charge in [0.25, 0.3) is 0 Å². The van der Waals surface area contributed by atoms with Gasteiger partial charge in [-0.15, -0.1) is 0 Å². The molecule has 0 saturated carbocycles. The van der Waals surface area contributed by atoms with E-state index in [1.807, 2.05) is 0 Å². The average molecular weight is 285 g/mol. The van der Waals surface area contributed by atoms with Crippen LogP contribution in [0.1, 0.15) is 20.8 Å². The maximum Gasteiger partial charge on any atom is 0.319 e. The second-order valence-corrected chi connectivity index (χ2v) is 5.21. The molecule has 0 atom stereocenters. The summed E-state index contributed by atoms with van der Waals surface area (Å²) in [7, 11) is 0. The highest BCUT2D eigenvalue weighted by Crippen LogP contribution is 2.16. The molecule has 0 aliphatic carbocycles. The molecule has 0 heterocycles. The lowest BCUT2D eigenvalue weighted by molar-refractivity contribution is -0.121. The van der Waals surface area contributed by atoms with Crippen LogP contribution in [0.25, 0.3) is 0 Å². The zero-order valence-electron chi connectivity index (χ0n) is 11.5. The summed E-state index contributed by atoms with van der Waals surface area (Å²) in [5.74, 6) is -2.59. The fraction of sp³-hybridized carbons (Fsp3) is 0.385. The van der Waals surface area contributed by atoms with Gasteiger partial charge >= 0.3 is 6.03 Å². The van der Waals surface area contributed by atoms with Gasteiger partial charge in [0.2, 0.25) is 5.91 Å². The third kappa shape index (κ3) is 5.21. The summed E-state index contributed by atoms with van der Waals surface area (Å²) in [5.41, 5.74) is -0.706. The van der Waals surface area contributed by atoms with E-state index in [2.05, 4.69) is 16.0 Å². The number of anilines is 1. The maximum atomic E-state index is 13.3. The summed E-state index contributed by atoms with van der Waals surface area (Å²) in [6, 6.07) is 2.63. The molecule has 0 fully saturated rings. The Labute approximate surface area is 115 Å². The van der Waals surface area contributed by atoms with Gasteiger partial charge < -0.3 is 16.0 Å². The first-order valence-corrected chi connectivity index (χ1v) is 5.99. The molecule has 0 bridgehead atoms. The van der Waals surface area contributed by atoms with Crippen LogP contribution in [-0.2, 0) is 4.79 Å². The summed E-state index contributed by atoms with van der Waals surface area (Å²) < 4.78 is 26.2. The molecule has 0 unspecified atom stereocenters. The molecule has 1 aromatic rings. The van der Waals surface area contributed by atoms with Crippen molar-refractivity contribution in [3.8, 4) is 0 Å². The van der Waals surface area contributed by atoms with Crippen molar-refractivity contribution in [3.63, 3.8) is 0 Å². The van der Waals surface area contributed by atoms with Crippen LogP contribution in [0.4, 0.5) is 19.3 Å². The van der Waals surface area contributed by atoms with Gasteiger partial charge in [-0.3, -0.25) is 4.79 Å². The van der Waals surface area contributed by atoms with Gasteiger partial charge in [-0.05, 0) is 32.9 Å². The van der Waals surface area contributed by atoms with Crippen LogP contribution in [0.15, 0.2) is 18.2 Å². The monoisotopic (exact) mass is 285 g/mol. The normalized spacial score (nSPS) is 10.8. The topological polar surface area (TPSA) is 70.2 Å². The number of amides is 3. The molecule has 0 aliphatic rings. The lowest BCUT2D eigenvalue weighted by Crippen LogP contribution is -2.46. The van der Waals surface area contributed by atoms with Crippen LogP contribution >= 0.6 is 0 Å². The van der Waals surface area contributed by atoms with Gasteiger partial charge in [0, 0.05) is 5.54 Å². The fourth-order valence-corrected chi connectivity index (χ4v) is 1.39. The van der Waals surface area contributed by atoms with Crippen LogP contribution in [0, 0.1) is 11.6 Å². The Balaban J connectivity index is 2.49. The SMILES string of the molecule is CC(C)(C)NC(=O)CNC(=O)Nc1cccc(F)c1F. The highest BCUT2D eigenvalue weighted by Gasteiger charge is 2.15. The molecule has 5 nitrogen and oxygen atoms in total. The van der Waals surface area contributed by atoms with E-state index >= 15 is 0 Å². The molecule has 110 valence electrons. The van der Waals surface area contributed by atoms with Gasteiger partial charge in [-0.2, -0.15) is 0 Å². The Bertz CT molecular complexity index is 513. The molecule has 0 spiro atoms. The van der Waals surface area contributed by atoms with E-state index < -0.39 is 23.2 Å². The van der Waals surface area contributed by atoms with Crippen molar-refractivity contribution in [3.05, 3.63) is 29.8 Å². The Morgan fingerprint density at radius 1 is 1.20 bits per heavy atom. The molecule has 0 aliphatic heterocycles.